The molecule has 0 spiro atoms. The molecule has 1 aliphatic heterocycles. The lowest BCUT2D eigenvalue weighted by Gasteiger charge is -2.26. The van der Waals surface area contributed by atoms with Crippen LogP contribution in [-0.2, 0) is 15.1 Å². The van der Waals surface area contributed by atoms with Crippen molar-refractivity contribution < 1.29 is 14.4 Å². The topological polar surface area (TPSA) is 78.5 Å². The molecule has 0 saturated carbocycles. The van der Waals surface area contributed by atoms with E-state index in [1.165, 1.54) is 0 Å². The van der Waals surface area contributed by atoms with Crippen molar-refractivity contribution in [3.05, 3.63) is 71.8 Å². The standard InChI is InChI=1S/C24H29N3O3/c1-4-24(19-13-9-6-10-14-19)22(29)27(23(30)26-24)16-21(28)25-20(15-17(2)3)18-11-7-5-8-12-18/h5-14,17,20H,4,15-16H2,1-3H3,(H,25,28)(H,26,30)/t20-,24+/m1/s1. The van der Waals surface area contributed by atoms with Gasteiger partial charge in [0.2, 0.25) is 5.91 Å². The summed E-state index contributed by atoms with van der Waals surface area (Å²) in [6.07, 6.45) is 1.17. The zero-order valence-corrected chi connectivity index (χ0v) is 17.7. The van der Waals surface area contributed by atoms with E-state index in [0.29, 0.717) is 12.3 Å². The van der Waals surface area contributed by atoms with Crippen molar-refractivity contribution >= 4 is 17.8 Å². The largest absolute Gasteiger partial charge is 0.348 e. The van der Waals surface area contributed by atoms with Crippen LogP contribution in [0.2, 0.25) is 0 Å². The number of benzene rings is 2. The highest BCUT2D eigenvalue weighted by atomic mass is 16.2. The minimum Gasteiger partial charge on any atom is -0.348 e. The van der Waals surface area contributed by atoms with Gasteiger partial charge in [-0.3, -0.25) is 14.5 Å². The summed E-state index contributed by atoms with van der Waals surface area (Å²) in [6, 6.07) is 18.2. The number of nitrogens with one attached hydrogen (secondary N) is 2. The van der Waals surface area contributed by atoms with Crippen molar-refractivity contribution in [2.45, 2.75) is 45.2 Å². The fourth-order valence-corrected chi connectivity index (χ4v) is 3.95. The molecule has 0 bridgehead atoms. The summed E-state index contributed by atoms with van der Waals surface area (Å²) in [5, 5.41) is 5.82. The number of carbonyl (C=O) groups is 3. The van der Waals surface area contributed by atoms with E-state index in [9.17, 15) is 14.4 Å². The molecule has 2 N–H and O–H groups in total. The number of urea groups is 1. The number of rotatable bonds is 8. The molecule has 1 aliphatic rings. The van der Waals surface area contributed by atoms with Gasteiger partial charge in [0.05, 0.1) is 6.04 Å². The van der Waals surface area contributed by atoms with Gasteiger partial charge in [0.1, 0.15) is 12.1 Å². The van der Waals surface area contributed by atoms with E-state index >= 15 is 0 Å². The lowest BCUT2D eigenvalue weighted by molar-refractivity contribution is -0.135. The van der Waals surface area contributed by atoms with Crippen molar-refractivity contribution in [1.29, 1.82) is 0 Å². The van der Waals surface area contributed by atoms with Crippen LogP contribution in [0.3, 0.4) is 0 Å². The zero-order valence-electron chi connectivity index (χ0n) is 17.7. The van der Waals surface area contributed by atoms with Crippen LogP contribution in [0.1, 0.15) is 50.8 Å². The van der Waals surface area contributed by atoms with Gasteiger partial charge in [-0.15, -0.1) is 0 Å². The monoisotopic (exact) mass is 407 g/mol. The summed E-state index contributed by atoms with van der Waals surface area (Å²) in [5.74, 6) is -0.373. The molecule has 4 amide bonds. The fourth-order valence-electron chi connectivity index (χ4n) is 3.95. The van der Waals surface area contributed by atoms with E-state index in [0.717, 1.165) is 22.4 Å². The lowest BCUT2D eigenvalue weighted by atomic mass is 9.87. The third kappa shape index (κ3) is 4.37. The Morgan fingerprint density at radius 3 is 2.20 bits per heavy atom. The van der Waals surface area contributed by atoms with Crippen molar-refractivity contribution in [2.24, 2.45) is 5.92 Å². The summed E-state index contributed by atoms with van der Waals surface area (Å²) in [7, 11) is 0. The average Bonchev–Trinajstić information content (AvgIpc) is 2.99. The minimum absolute atomic E-state index is 0.176. The maximum atomic E-state index is 13.2. The normalized spacial score (nSPS) is 19.7. The molecule has 6 heteroatoms. The van der Waals surface area contributed by atoms with Crippen LogP contribution in [0, 0.1) is 5.92 Å². The predicted molar refractivity (Wildman–Crippen MR) is 115 cm³/mol. The summed E-state index contributed by atoms with van der Waals surface area (Å²) in [5.41, 5.74) is 0.592. The van der Waals surface area contributed by atoms with E-state index in [1.54, 1.807) is 0 Å². The van der Waals surface area contributed by atoms with Gasteiger partial charge >= 0.3 is 6.03 Å². The van der Waals surface area contributed by atoms with E-state index in [4.69, 9.17) is 0 Å². The first kappa shape index (κ1) is 21.6. The van der Waals surface area contributed by atoms with Gasteiger partial charge in [-0.25, -0.2) is 4.79 Å². The average molecular weight is 408 g/mol. The summed E-state index contributed by atoms with van der Waals surface area (Å²) in [6.45, 7) is 5.73. The highest BCUT2D eigenvalue weighted by Crippen LogP contribution is 2.32. The van der Waals surface area contributed by atoms with Crippen molar-refractivity contribution in [3.8, 4) is 0 Å². The van der Waals surface area contributed by atoms with E-state index in [-0.39, 0.29) is 18.5 Å². The van der Waals surface area contributed by atoms with Crippen LogP contribution in [0.15, 0.2) is 60.7 Å². The molecule has 1 fully saturated rings. The summed E-state index contributed by atoms with van der Waals surface area (Å²) in [4.78, 5) is 39.6. The number of imide groups is 1. The molecule has 0 aromatic heterocycles. The van der Waals surface area contributed by atoms with Crippen LogP contribution in [0.25, 0.3) is 0 Å². The number of carbonyl (C=O) groups excluding carboxylic acids is 3. The molecule has 158 valence electrons. The molecule has 1 saturated heterocycles. The minimum atomic E-state index is -1.13. The van der Waals surface area contributed by atoms with Crippen LogP contribution in [-0.4, -0.2) is 29.3 Å². The molecular formula is C24H29N3O3. The second-order valence-electron chi connectivity index (χ2n) is 8.11. The van der Waals surface area contributed by atoms with Gasteiger partial charge < -0.3 is 10.6 Å². The van der Waals surface area contributed by atoms with Gasteiger partial charge in [0, 0.05) is 0 Å². The second-order valence-corrected chi connectivity index (χ2v) is 8.11. The number of nitrogens with zero attached hydrogens (tertiary/aromatic N) is 1. The number of hydrogen-bond donors (Lipinski definition) is 2. The fraction of sp³-hybridized carbons (Fsp3) is 0.375. The Kier molecular flexibility index (Phi) is 6.55. The van der Waals surface area contributed by atoms with Gasteiger partial charge in [-0.1, -0.05) is 81.4 Å². The Balaban J connectivity index is 1.76. The van der Waals surface area contributed by atoms with Crippen molar-refractivity contribution in [3.63, 3.8) is 0 Å². The third-order valence-electron chi connectivity index (χ3n) is 5.52. The molecule has 2 aromatic carbocycles. The van der Waals surface area contributed by atoms with Crippen LogP contribution in [0.5, 0.6) is 0 Å². The highest BCUT2D eigenvalue weighted by Gasteiger charge is 2.51. The Morgan fingerprint density at radius 1 is 1.03 bits per heavy atom. The first-order valence-corrected chi connectivity index (χ1v) is 10.4. The Morgan fingerprint density at radius 2 is 1.63 bits per heavy atom. The van der Waals surface area contributed by atoms with Gasteiger partial charge in [0.15, 0.2) is 0 Å². The molecule has 2 atom stereocenters. The van der Waals surface area contributed by atoms with Crippen LogP contribution >= 0.6 is 0 Å². The molecule has 3 rings (SSSR count). The van der Waals surface area contributed by atoms with Gasteiger partial charge in [0.25, 0.3) is 5.91 Å². The van der Waals surface area contributed by atoms with Crippen molar-refractivity contribution in [1.82, 2.24) is 15.5 Å². The van der Waals surface area contributed by atoms with Crippen LogP contribution < -0.4 is 10.6 Å². The maximum absolute atomic E-state index is 13.2. The molecule has 2 aromatic rings. The second kappa shape index (κ2) is 9.11. The molecule has 0 unspecified atom stereocenters. The SMILES string of the molecule is CC[C@@]1(c2ccccc2)NC(=O)N(CC(=O)N[C@H](CC(C)C)c2ccccc2)C1=O. The van der Waals surface area contributed by atoms with Gasteiger partial charge in [-0.2, -0.15) is 0 Å². The number of amides is 4. The molecular weight excluding hydrogens is 378 g/mol. The molecule has 1 heterocycles. The molecule has 0 aliphatic carbocycles. The third-order valence-corrected chi connectivity index (χ3v) is 5.52. The molecule has 0 radical (unpaired) electrons. The van der Waals surface area contributed by atoms with E-state index in [1.807, 2.05) is 67.6 Å². The molecule has 6 nitrogen and oxygen atoms in total. The maximum Gasteiger partial charge on any atom is 0.325 e. The quantitative estimate of drug-likeness (QED) is 0.654. The smallest absolute Gasteiger partial charge is 0.325 e. The Labute approximate surface area is 177 Å². The lowest BCUT2D eigenvalue weighted by Crippen LogP contribution is -2.45. The first-order chi connectivity index (χ1) is 14.4. The van der Waals surface area contributed by atoms with Gasteiger partial charge in [-0.05, 0) is 29.9 Å². The Hall–Kier alpha value is -3.15. The summed E-state index contributed by atoms with van der Waals surface area (Å²) < 4.78 is 0. The predicted octanol–water partition coefficient (Wildman–Crippen LogP) is 3.75. The molecule has 30 heavy (non-hydrogen) atoms. The zero-order chi connectivity index (χ0) is 21.7. The first-order valence-electron chi connectivity index (χ1n) is 10.4. The van der Waals surface area contributed by atoms with E-state index < -0.39 is 17.5 Å². The summed E-state index contributed by atoms with van der Waals surface area (Å²) >= 11 is 0. The number of hydrogen-bond acceptors (Lipinski definition) is 3. The Bertz CT molecular complexity index is 898. The van der Waals surface area contributed by atoms with E-state index in [2.05, 4.69) is 24.5 Å². The van der Waals surface area contributed by atoms with Crippen molar-refractivity contribution in [2.75, 3.05) is 6.54 Å². The highest BCUT2D eigenvalue weighted by molar-refractivity contribution is 6.09. The van der Waals surface area contributed by atoms with Crippen LogP contribution in [0.4, 0.5) is 4.79 Å².